The van der Waals surface area contributed by atoms with Crippen molar-refractivity contribution < 1.29 is 5.11 Å². The summed E-state index contributed by atoms with van der Waals surface area (Å²) < 4.78 is 2.04. The molecule has 0 aliphatic rings. The van der Waals surface area contributed by atoms with Gasteiger partial charge in [0.05, 0.1) is 18.5 Å². The van der Waals surface area contributed by atoms with Crippen LogP contribution in [0.15, 0.2) is 30.6 Å². The van der Waals surface area contributed by atoms with Crippen LogP contribution in [-0.2, 0) is 6.54 Å². The first-order valence-corrected chi connectivity index (χ1v) is 5.39. The van der Waals surface area contributed by atoms with E-state index in [2.05, 4.69) is 10.3 Å². The summed E-state index contributed by atoms with van der Waals surface area (Å²) in [6, 6.07) is 5.92. The predicted octanol–water partition coefficient (Wildman–Crippen LogP) is 1.19. The Balaban J connectivity index is 2.16. The number of aromatic nitrogens is 2. The van der Waals surface area contributed by atoms with Crippen molar-refractivity contribution in [3.05, 3.63) is 36.3 Å². The van der Waals surface area contributed by atoms with E-state index in [0.717, 1.165) is 11.3 Å². The SMILES string of the molecule is CC(C)(CO)NCc1cnc2ccccn12. The Labute approximate surface area is 94.9 Å². The van der Waals surface area contributed by atoms with Crippen LogP contribution < -0.4 is 5.32 Å². The van der Waals surface area contributed by atoms with E-state index in [1.165, 1.54) is 0 Å². The number of fused-ring (bicyclic) bond motifs is 1. The highest BCUT2D eigenvalue weighted by Gasteiger charge is 2.15. The molecule has 2 aromatic heterocycles. The number of nitrogens with zero attached hydrogens (tertiary/aromatic N) is 2. The van der Waals surface area contributed by atoms with Crippen molar-refractivity contribution in [2.24, 2.45) is 0 Å². The van der Waals surface area contributed by atoms with Gasteiger partial charge in [-0.1, -0.05) is 6.07 Å². The third-order valence-corrected chi connectivity index (χ3v) is 2.64. The monoisotopic (exact) mass is 219 g/mol. The van der Waals surface area contributed by atoms with Crippen LogP contribution in [0.2, 0.25) is 0 Å². The molecule has 4 heteroatoms. The Morgan fingerprint density at radius 3 is 3.00 bits per heavy atom. The first-order valence-electron chi connectivity index (χ1n) is 5.39. The van der Waals surface area contributed by atoms with E-state index in [0.29, 0.717) is 6.54 Å². The molecule has 0 fully saturated rings. The Morgan fingerprint density at radius 1 is 1.44 bits per heavy atom. The molecule has 2 N–H and O–H groups in total. The van der Waals surface area contributed by atoms with Gasteiger partial charge in [-0.25, -0.2) is 4.98 Å². The van der Waals surface area contributed by atoms with Crippen LogP contribution in [0.5, 0.6) is 0 Å². The molecule has 0 saturated carbocycles. The van der Waals surface area contributed by atoms with Crippen molar-refractivity contribution in [3.8, 4) is 0 Å². The highest BCUT2D eigenvalue weighted by atomic mass is 16.3. The Kier molecular flexibility index (Phi) is 2.94. The molecule has 0 aliphatic carbocycles. The summed E-state index contributed by atoms with van der Waals surface area (Å²) in [5.41, 5.74) is 1.78. The summed E-state index contributed by atoms with van der Waals surface area (Å²) in [6.07, 6.45) is 3.85. The van der Waals surface area contributed by atoms with Gasteiger partial charge in [0, 0.05) is 18.3 Å². The van der Waals surface area contributed by atoms with Crippen LogP contribution in [0, 0.1) is 0 Å². The van der Waals surface area contributed by atoms with E-state index >= 15 is 0 Å². The average molecular weight is 219 g/mol. The number of imidazole rings is 1. The summed E-state index contributed by atoms with van der Waals surface area (Å²) in [4.78, 5) is 4.31. The zero-order valence-corrected chi connectivity index (χ0v) is 9.64. The molecular weight excluding hydrogens is 202 g/mol. The minimum Gasteiger partial charge on any atom is -0.394 e. The van der Waals surface area contributed by atoms with Gasteiger partial charge in [0.1, 0.15) is 5.65 Å². The van der Waals surface area contributed by atoms with Crippen LogP contribution in [-0.4, -0.2) is 26.6 Å². The lowest BCUT2D eigenvalue weighted by molar-refractivity contribution is 0.187. The second-order valence-corrected chi connectivity index (χ2v) is 4.57. The zero-order valence-electron chi connectivity index (χ0n) is 9.64. The van der Waals surface area contributed by atoms with E-state index in [-0.39, 0.29) is 12.1 Å². The molecule has 0 amide bonds. The minimum absolute atomic E-state index is 0.115. The Bertz CT molecular complexity index is 476. The number of hydrogen-bond acceptors (Lipinski definition) is 3. The Morgan fingerprint density at radius 2 is 2.25 bits per heavy atom. The van der Waals surface area contributed by atoms with E-state index in [9.17, 15) is 0 Å². The number of aliphatic hydroxyl groups is 1. The van der Waals surface area contributed by atoms with Crippen molar-refractivity contribution in [1.29, 1.82) is 0 Å². The van der Waals surface area contributed by atoms with Crippen molar-refractivity contribution >= 4 is 5.65 Å². The van der Waals surface area contributed by atoms with Crippen LogP contribution in [0.1, 0.15) is 19.5 Å². The second kappa shape index (κ2) is 4.23. The topological polar surface area (TPSA) is 49.6 Å². The van der Waals surface area contributed by atoms with Gasteiger partial charge in [-0.3, -0.25) is 0 Å². The van der Waals surface area contributed by atoms with Crippen molar-refractivity contribution in [2.75, 3.05) is 6.61 Å². The van der Waals surface area contributed by atoms with Gasteiger partial charge in [0.15, 0.2) is 0 Å². The standard InChI is InChI=1S/C12H17N3O/c1-12(2,9-16)14-8-10-7-13-11-5-3-4-6-15(10)11/h3-7,14,16H,8-9H2,1-2H3. The van der Waals surface area contributed by atoms with E-state index in [1.54, 1.807) is 0 Å². The fourth-order valence-electron chi connectivity index (χ4n) is 1.50. The van der Waals surface area contributed by atoms with Gasteiger partial charge in [-0.05, 0) is 26.0 Å². The molecule has 2 heterocycles. The molecule has 0 spiro atoms. The first kappa shape index (κ1) is 11.1. The molecule has 16 heavy (non-hydrogen) atoms. The summed E-state index contributed by atoms with van der Waals surface area (Å²) in [7, 11) is 0. The quantitative estimate of drug-likeness (QED) is 0.812. The third-order valence-electron chi connectivity index (χ3n) is 2.64. The maximum absolute atomic E-state index is 9.15. The lowest BCUT2D eigenvalue weighted by Crippen LogP contribution is -2.42. The molecule has 0 bridgehead atoms. The maximum atomic E-state index is 9.15. The van der Waals surface area contributed by atoms with Gasteiger partial charge >= 0.3 is 0 Å². The summed E-state index contributed by atoms with van der Waals surface area (Å²) in [6.45, 7) is 4.74. The van der Waals surface area contributed by atoms with Gasteiger partial charge in [-0.2, -0.15) is 0 Å². The maximum Gasteiger partial charge on any atom is 0.136 e. The predicted molar refractivity (Wildman–Crippen MR) is 63.2 cm³/mol. The van der Waals surface area contributed by atoms with Crippen LogP contribution in [0.25, 0.3) is 5.65 Å². The smallest absolute Gasteiger partial charge is 0.136 e. The van der Waals surface area contributed by atoms with Crippen molar-refractivity contribution in [1.82, 2.24) is 14.7 Å². The summed E-state index contributed by atoms with van der Waals surface area (Å²) in [5, 5.41) is 12.4. The number of nitrogens with one attached hydrogen (secondary N) is 1. The first-order chi connectivity index (χ1) is 7.62. The van der Waals surface area contributed by atoms with Gasteiger partial charge in [0.25, 0.3) is 0 Å². The number of hydrogen-bond donors (Lipinski definition) is 2. The lowest BCUT2D eigenvalue weighted by Gasteiger charge is -2.23. The second-order valence-electron chi connectivity index (χ2n) is 4.57. The lowest BCUT2D eigenvalue weighted by atomic mass is 10.1. The normalized spacial score (nSPS) is 12.2. The molecule has 4 nitrogen and oxygen atoms in total. The minimum atomic E-state index is -0.265. The van der Waals surface area contributed by atoms with Crippen molar-refractivity contribution in [3.63, 3.8) is 0 Å². The van der Waals surface area contributed by atoms with Crippen LogP contribution >= 0.6 is 0 Å². The van der Waals surface area contributed by atoms with Crippen molar-refractivity contribution in [2.45, 2.75) is 25.9 Å². The number of aliphatic hydroxyl groups excluding tert-OH is 1. The van der Waals surface area contributed by atoms with E-state index in [4.69, 9.17) is 5.11 Å². The molecule has 0 aromatic carbocycles. The molecule has 0 radical (unpaired) electrons. The molecule has 2 aromatic rings. The largest absolute Gasteiger partial charge is 0.394 e. The number of rotatable bonds is 4. The number of pyridine rings is 1. The van der Waals surface area contributed by atoms with Crippen LogP contribution in [0.3, 0.4) is 0 Å². The molecular formula is C12H17N3O. The van der Waals surface area contributed by atoms with E-state index in [1.807, 2.05) is 48.8 Å². The Hall–Kier alpha value is -1.39. The summed E-state index contributed by atoms with van der Waals surface area (Å²) in [5.74, 6) is 0. The van der Waals surface area contributed by atoms with Gasteiger partial charge in [0.2, 0.25) is 0 Å². The fraction of sp³-hybridized carbons (Fsp3) is 0.417. The van der Waals surface area contributed by atoms with E-state index < -0.39 is 0 Å². The summed E-state index contributed by atoms with van der Waals surface area (Å²) >= 11 is 0. The van der Waals surface area contributed by atoms with Gasteiger partial charge < -0.3 is 14.8 Å². The third kappa shape index (κ3) is 2.23. The van der Waals surface area contributed by atoms with Crippen LogP contribution in [0.4, 0.5) is 0 Å². The molecule has 0 aliphatic heterocycles. The molecule has 0 unspecified atom stereocenters. The molecule has 0 saturated heterocycles. The molecule has 0 atom stereocenters. The molecule has 2 rings (SSSR count). The highest BCUT2D eigenvalue weighted by molar-refractivity contribution is 5.39. The highest BCUT2D eigenvalue weighted by Crippen LogP contribution is 2.08. The molecule has 86 valence electrons. The fourth-order valence-corrected chi connectivity index (χ4v) is 1.50. The van der Waals surface area contributed by atoms with Gasteiger partial charge in [-0.15, -0.1) is 0 Å². The zero-order chi connectivity index (χ0) is 11.6. The average Bonchev–Trinajstić information content (AvgIpc) is 2.70.